The summed E-state index contributed by atoms with van der Waals surface area (Å²) in [6.45, 7) is 0. The van der Waals surface area contributed by atoms with E-state index >= 15 is 0 Å². The molecule has 0 bridgehead atoms. The van der Waals surface area contributed by atoms with Gasteiger partial charge in [0.15, 0.2) is 0 Å². The second kappa shape index (κ2) is 6.07. The fourth-order valence-corrected chi connectivity index (χ4v) is 2.77. The Labute approximate surface area is 98.5 Å². The van der Waals surface area contributed by atoms with Crippen molar-refractivity contribution in [2.24, 2.45) is 5.92 Å². The molecular formula is C14H23NO. The highest BCUT2D eigenvalue weighted by Gasteiger charge is 2.21. The SMILES string of the molecule is O=C(NC1CCCCCC1)[C@H]1CC=CCC1. The summed E-state index contributed by atoms with van der Waals surface area (Å²) in [5.74, 6) is 0.546. The van der Waals surface area contributed by atoms with Crippen molar-refractivity contribution in [1.29, 1.82) is 0 Å². The predicted molar refractivity (Wildman–Crippen MR) is 66.1 cm³/mol. The van der Waals surface area contributed by atoms with Gasteiger partial charge in [-0.2, -0.15) is 0 Å². The third-order valence-corrected chi connectivity index (χ3v) is 3.84. The zero-order chi connectivity index (χ0) is 11.2. The van der Waals surface area contributed by atoms with E-state index in [0.717, 1.165) is 19.3 Å². The van der Waals surface area contributed by atoms with Crippen molar-refractivity contribution in [3.8, 4) is 0 Å². The van der Waals surface area contributed by atoms with Crippen molar-refractivity contribution < 1.29 is 4.79 Å². The first-order valence-electron chi connectivity index (χ1n) is 6.81. The molecule has 16 heavy (non-hydrogen) atoms. The largest absolute Gasteiger partial charge is 0.353 e. The zero-order valence-electron chi connectivity index (χ0n) is 10.1. The van der Waals surface area contributed by atoms with Crippen molar-refractivity contribution in [2.45, 2.75) is 63.8 Å². The lowest BCUT2D eigenvalue weighted by atomic mass is 9.93. The molecule has 0 aromatic carbocycles. The molecule has 0 saturated heterocycles. The summed E-state index contributed by atoms with van der Waals surface area (Å²) in [6, 6.07) is 0.459. The number of carbonyl (C=O) groups excluding carboxylic acids is 1. The Balaban J connectivity index is 1.78. The molecule has 2 rings (SSSR count). The monoisotopic (exact) mass is 221 g/mol. The maximum absolute atomic E-state index is 12.0. The van der Waals surface area contributed by atoms with Crippen LogP contribution in [0.25, 0.3) is 0 Å². The van der Waals surface area contributed by atoms with Gasteiger partial charge in [0.05, 0.1) is 0 Å². The van der Waals surface area contributed by atoms with Gasteiger partial charge < -0.3 is 5.32 Å². The molecule has 0 heterocycles. The first-order valence-corrected chi connectivity index (χ1v) is 6.81. The number of allylic oxidation sites excluding steroid dienone is 2. The first kappa shape index (κ1) is 11.7. The van der Waals surface area contributed by atoms with E-state index in [-0.39, 0.29) is 5.92 Å². The van der Waals surface area contributed by atoms with Gasteiger partial charge in [0, 0.05) is 12.0 Å². The van der Waals surface area contributed by atoms with Crippen LogP contribution in [-0.4, -0.2) is 11.9 Å². The number of rotatable bonds is 2. The van der Waals surface area contributed by atoms with Gasteiger partial charge in [-0.25, -0.2) is 0 Å². The maximum atomic E-state index is 12.0. The molecule has 1 amide bonds. The van der Waals surface area contributed by atoms with Crippen LogP contribution in [0.4, 0.5) is 0 Å². The van der Waals surface area contributed by atoms with Gasteiger partial charge >= 0.3 is 0 Å². The van der Waals surface area contributed by atoms with Crippen LogP contribution in [0.2, 0.25) is 0 Å². The van der Waals surface area contributed by atoms with E-state index in [9.17, 15) is 4.79 Å². The van der Waals surface area contributed by atoms with Gasteiger partial charge in [0.25, 0.3) is 0 Å². The van der Waals surface area contributed by atoms with Gasteiger partial charge in [0.1, 0.15) is 0 Å². The van der Waals surface area contributed by atoms with Crippen LogP contribution in [-0.2, 0) is 4.79 Å². The van der Waals surface area contributed by atoms with Crippen molar-refractivity contribution in [2.75, 3.05) is 0 Å². The molecule has 0 spiro atoms. The summed E-state index contributed by atoms with van der Waals surface area (Å²) >= 11 is 0. The van der Waals surface area contributed by atoms with Gasteiger partial charge in [-0.3, -0.25) is 4.79 Å². The van der Waals surface area contributed by atoms with Gasteiger partial charge in [-0.1, -0.05) is 37.8 Å². The van der Waals surface area contributed by atoms with Crippen LogP contribution in [0.1, 0.15) is 57.8 Å². The van der Waals surface area contributed by atoms with E-state index in [1.807, 2.05) is 0 Å². The van der Waals surface area contributed by atoms with Crippen molar-refractivity contribution in [3.05, 3.63) is 12.2 Å². The standard InChI is InChI=1S/C14H23NO/c16-14(12-8-4-3-5-9-12)15-13-10-6-1-2-7-11-13/h3-4,12-13H,1-2,5-11H2,(H,15,16)/t12-/m0/s1. The Morgan fingerprint density at radius 1 is 1.00 bits per heavy atom. The topological polar surface area (TPSA) is 29.1 Å². The molecule has 0 radical (unpaired) electrons. The number of hydrogen-bond donors (Lipinski definition) is 1. The summed E-state index contributed by atoms with van der Waals surface area (Å²) in [5.41, 5.74) is 0. The predicted octanol–water partition coefficient (Wildman–Crippen LogP) is 3.18. The Morgan fingerprint density at radius 3 is 2.38 bits per heavy atom. The van der Waals surface area contributed by atoms with Crippen LogP contribution in [0.15, 0.2) is 12.2 Å². The van der Waals surface area contributed by atoms with E-state index in [1.165, 1.54) is 38.5 Å². The molecule has 1 fully saturated rings. The summed E-state index contributed by atoms with van der Waals surface area (Å²) in [7, 11) is 0. The summed E-state index contributed by atoms with van der Waals surface area (Å²) in [6.07, 6.45) is 15.0. The summed E-state index contributed by atoms with van der Waals surface area (Å²) < 4.78 is 0. The maximum Gasteiger partial charge on any atom is 0.223 e. The normalized spacial score (nSPS) is 27.4. The molecule has 2 nitrogen and oxygen atoms in total. The molecular weight excluding hydrogens is 198 g/mol. The van der Waals surface area contributed by atoms with E-state index in [1.54, 1.807) is 0 Å². The van der Waals surface area contributed by atoms with E-state index < -0.39 is 0 Å². The van der Waals surface area contributed by atoms with Crippen LogP contribution >= 0.6 is 0 Å². The van der Waals surface area contributed by atoms with E-state index in [2.05, 4.69) is 17.5 Å². The quantitative estimate of drug-likeness (QED) is 0.563. The Kier molecular flexibility index (Phi) is 4.44. The molecule has 0 aromatic rings. The second-order valence-corrected chi connectivity index (χ2v) is 5.18. The second-order valence-electron chi connectivity index (χ2n) is 5.18. The Morgan fingerprint density at radius 2 is 1.75 bits per heavy atom. The summed E-state index contributed by atoms with van der Waals surface area (Å²) in [4.78, 5) is 12.0. The molecule has 0 unspecified atom stereocenters. The number of carbonyl (C=O) groups is 1. The summed E-state index contributed by atoms with van der Waals surface area (Å²) in [5, 5.41) is 3.26. The first-order chi connectivity index (χ1) is 7.86. The highest BCUT2D eigenvalue weighted by atomic mass is 16.1. The average molecular weight is 221 g/mol. The molecule has 2 aliphatic carbocycles. The third kappa shape index (κ3) is 3.36. The molecule has 1 N–H and O–H groups in total. The fourth-order valence-electron chi connectivity index (χ4n) is 2.77. The Bertz CT molecular complexity index is 251. The van der Waals surface area contributed by atoms with E-state index in [0.29, 0.717) is 11.9 Å². The van der Waals surface area contributed by atoms with Crippen LogP contribution in [0, 0.1) is 5.92 Å². The smallest absolute Gasteiger partial charge is 0.223 e. The average Bonchev–Trinajstić information content (AvgIpc) is 2.59. The highest BCUT2D eigenvalue weighted by Crippen LogP contribution is 2.21. The number of nitrogens with one attached hydrogen (secondary N) is 1. The minimum atomic E-state index is 0.244. The number of hydrogen-bond acceptors (Lipinski definition) is 1. The molecule has 0 aromatic heterocycles. The van der Waals surface area contributed by atoms with Crippen LogP contribution < -0.4 is 5.32 Å². The lowest BCUT2D eigenvalue weighted by Crippen LogP contribution is -2.38. The van der Waals surface area contributed by atoms with Crippen LogP contribution in [0.5, 0.6) is 0 Å². The van der Waals surface area contributed by atoms with Crippen molar-refractivity contribution >= 4 is 5.91 Å². The minimum Gasteiger partial charge on any atom is -0.353 e. The lowest BCUT2D eigenvalue weighted by Gasteiger charge is -2.22. The zero-order valence-corrected chi connectivity index (χ0v) is 10.1. The van der Waals surface area contributed by atoms with Gasteiger partial charge in [0.2, 0.25) is 5.91 Å². The molecule has 2 heteroatoms. The molecule has 90 valence electrons. The number of amides is 1. The lowest BCUT2D eigenvalue weighted by molar-refractivity contribution is -0.126. The highest BCUT2D eigenvalue weighted by molar-refractivity contribution is 5.79. The van der Waals surface area contributed by atoms with Crippen LogP contribution in [0.3, 0.4) is 0 Å². The van der Waals surface area contributed by atoms with Crippen molar-refractivity contribution in [1.82, 2.24) is 5.32 Å². The molecule has 0 aliphatic heterocycles. The molecule has 1 atom stereocenters. The van der Waals surface area contributed by atoms with Gasteiger partial charge in [-0.15, -0.1) is 0 Å². The van der Waals surface area contributed by atoms with Gasteiger partial charge in [-0.05, 0) is 32.1 Å². The minimum absolute atomic E-state index is 0.244. The van der Waals surface area contributed by atoms with Crippen molar-refractivity contribution in [3.63, 3.8) is 0 Å². The Hall–Kier alpha value is -0.790. The molecule has 1 saturated carbocycles. The third-order valence-electron chi connectivity index (χ3n) is 3.84. The molecule has 2 aliphatic rings. The fraction of sp³-hybridized carbons (Fsp3) is 0.786. The van der Waals surface area contributed by atoms with E-state index in [4.69, 9.17) is 0 Å².